The third kappa shape index (κ3) is 4.74. The van der Waals surface area contributed by atoms with Crippen LogP contribution in [0.25, 0.3) is 16.6 Å². The van der Waals surface area contributed by atoms with Gasteiger partial charge >= 0.3 is 0 Å². The van der Waals surface area contributed by atoms with Crippen LogP contribution in [0.3, 0.4) is 0 Å². The Morgan fingerprint density at radius 2 is 1.91 bits per heavy atom. The lowest BCUT2D eigenvalue weighted by Gasteiger charge is -2.14. The number of anilines is 1. The van der Waals surface area contributed by atoms with E-state index in [0.29, 0.717) is 38.0 Å². The quantitative estimate of drug-likeness (QED) is 0.180. The van der Waals surface area contributed by atoms with Gasteiger partial charge < -0.3 is 5.32 Å². The first-order valence-corrected chi connectivity index (χ1v) is 11.2. The first kappa shape index (κ1) is 22.5. The maximum atomic E-state index is 13.2. The smallest absolute Gasteiger partial charge is 0.274 e. The maximum Gasteiger partial charge on any atom is 0.274 e. The average Bonchev–Trinajstić information content (AvgIpc) is 2.79. The van der Waals surface area contributed by atoms with Crippen LogP contribution in [-0.2, 0) is 4.79 Å². The molecule has 10 heteroatoms. The van der Waals surface area contributed by atoms with Crippen LogP contribution in [0.15, 0.2) is 76.7 Å². The third-order valence-electron chi connectivity index (χ3n) is 4.92. The number of benzene rings is 3. The fourth-order valence-corrected chi connectivity index (χ4v) is 4.32. The Kier molecular flexibility index (Phi) is 6.43. The number of amides is 1. The van der Waals surface area contributed by atoms with Crippen LogP contribution in [0.4, 0.5) is 11.4 Å². The van der Waals surface area contributed by atoms with E-state index in [1.807, 2.05) is 0 Å². The van der Waals surface area contributed by atoms with E-state index in [1.165, 1.54) is 16.7 Å². The molecule has 166 valence electrons. The number of halogens is 1. The number of aromatic nitrogens is 2. The zero-order chi connectivity index (χ0) is 23.5. The fourth-order valence-electron chi connectivity index (χ4n) is 3.33. The highest BCUT2D eigenvalue weighted by atomic mass is 35.5. The Labute approximate surface area is 197 Å². The SMILES string of the molecule is Cc1c(NC(=O)CSc2nc3ccccc3c(=O)n2-c2cccc(Cl)c2)cccc1[N+](=O)[O-]. The first-order chi connectivity index (χ1) is 15.8. The van der Waals surface area contributed by atoms with E-state index in [0.717, 1.165) is 11.8 Å². The molecule has 0 saturated heterocycles. The predicted octanol–water partition coefficient (Wildman–Crippen LogP) is 4.99. The van der Waals surface area contributed by atoms with Crippen molar-refractivity contribution < 1.29 is 9.72 Å². The van der Waals surface area contributed by atoms with Gasteiger partial charge in [-0.05, 0) is 43.3 Å². The number of nitrogens with one attached hydrogen (secondary N) is 1. The summed E-state index contributed by atoms with van der Waals surface area (Å²) in [5.74, 6) is -0.448. The average molecular weight is 481 g/mol. The van der Waals surface area contributed by atoms with Gasteiger partial charge in [0.15, 0.2) is 5.16 Å². The highest BCUT2D eigenvalue weighted by molar-refractivity contribution is 7.99. The number of nitro groups is 1. The molecule has 0 atom stereocenters. The van der Waals surface area contributed by atoms with Gasteiger partial charge in [0.1, 0.15) is 0 Å². The molecule has 0 aliphatic rings. The van der Waals surface area contributed by atoms with Crippen LogP contribution in [0.2, 0.25) is 5.02 Å². The van der Waals surface area contributed by atoms with E-state index >= 15 is 0 Å². The van der Waals surface area contributed by atoms with Crippen molar-refractivity contribution in [3.8, 4) is 5.69 Å². The lowest BCUT2D eigenvalue weighted by Crippen LogP contribution is -2.23. The molecule has 0 saturated carbocycles. The van der Waals surface area contributed by atoms with Gasteiger partial charge in [0.2, 0.25) is 5.91 Å². The number of para-hydroxylation sites is 1. The molecule has 1 aromatic heterocycles. The van der Waals surface area contributed by atoms with Crippen molar-refractivity contribution in [1.29, 1.82) is 0 Å². The molecule has 8 nitrogen and oxygen atoms in total. The molecule has 1 amide bonds. The Balaban J connectivity index is 1.66. The number of hydrogen-bond donors (Lipinski definition) is 1. The van der Waals surface area contributed by atoms with Gasteiger partial charge in [0.05, 0.1) is 38.5 Å². The number of carbonyl (C=O) groups is 1. The molecule has 4 aromatic rings. The Bertz CT molecular complexity index is 1450. The summed E-state index contributed by atoms with van der Waals surface area (Å²) in [4.78, 5) is 41.1. The molecule has 4 rings (SSSR count). The summed E-state index contributed by atoms with van der Waals surface area (Å²) < 4.78 is 1.42. The minimum atomic E-state index is -0.498. The van der Waals surface area contributed by atoms with Gasteiger partial charge in [-0.25, -0.2) is 4.98 Å². The second kappa shape index (κ2) is 9.43. The second-order valence-corrected chi connectivity index (χ2v) is 8.45. The molecule has 0 fully saturated rings. The summed E-state index contributed by atoms with van der Waals surface area (Å²) in [6, 6.07) is 18.3. The number of nitro benzene ring substituents is 1. The van der Waals surface area contributed by atoms with Crippen LogP contribution in [-0.4, -0.2) is 26.1 Å². The van der Waals surface area contributed by atoms with Crippen molar-refractivity contribution in [3.63, 3.8) is 0 Å². The topological polar surface area (TPSA) is 107 Å². The van der Waals surface area contributed by atoms with Crippen molar-refractivity contribution in [2.45, 2.75) is 12.1 Å². The first-order valence-electron chi connectivity index (χ1n) is 9.79. The number of rotatable bonds is 6. The minimum absolute atomic E-state index is 0.0620. The second-order valence-electron chi connectivity index (χ2n) is 7.08. The van der Waals surface area contributed by atoms with Crippen molar-refractivity contribution in [2.75, 3.05) is 11.1 Å². The van der Waals surface area contributed by atoms with Gasteiger partial charge in [0, 0.05) is 11.1 Å². The zero-order valence-electron chi connectivity index (χ0n) is 17.3. The molecule has 0 radical (unpaired) electrons. The zero-order valence-corrected chi connectivity index (χ0v) is 18.9. The highest BCUT2D eigenvalue weighted by Crippen LogP contribution is 2.26. The maximum absolute atomic E-state index is 13.2. The number of thioether (sulfide) groups is 1. The Hall–Kier alpha value is -3.69. The van der Waals surface area contributed by atoms with Crippen LogP contribution in [0, 0.1) is 17.0 Å². The fraction of sp³-hybridized carbons (Fsp3) is 0.0870. The van der Waals surface area contributed by atoms with E-state index in [-0.39, 0.29) is 22.9 Å². The molecule has 3 aromatic carbocycles. The standard InChI is InChI=1S/C23H17ClN4O4S/c1-14-18(10-5-11-20(14)28(31)32)25-21(29)13-33-23-26-19-9-3-2-8-17(19)22(30)27(23)16-7-4-6-15(24)12-16/h2-12H,13H2,1H3,(H,25,29). The molecule has 0 bridgehead atoms. The van der Waals surface area contributed by atoms with Crippen LogP contribution >= 0.6 is 23.4 Å². The number of carbonyl (C=O) groups excluding carboxylic acids is 1. The molecular weight excluding hydrogens is 464 g/mol. The molecule has 0 aliphatic carbocycles. The largest absolute Gasteiger partial charge is 0.325 e. The summed E-state index contributed by atoms with van der Waals surface area (Å²) in [6.07, 6.45) is 0. The molecular formula is C23H17ClN4O4S. The molecule has 33 heavy (non-hydrogen) atoms. The van der Waals surface area contributed by atoms with Crippen molar-refractivity contribution >= 4 is 51.5 Å². The summed E-state index contributed by atoms with van der Waals surface area (Å²) in [5, 5.41) is 15.1. The van der Waals surface area contributed by atoms with Crippen molar-refractivity contribution in [1.82, 2.24) is 9.55 Å². The van der Waals surface area contributed by atoms with Gasteiger partial charge in [0.25, 0.3) is 11.2 Å². The van der Waals surface area contributed by atoms with E-state index in [2.05, 4.69) is 10.3 Å². The number of fused-ring (bicyclic) bond motifs is 1. The van der Waals surface area contributed by atoms with Crippen LogP contribution in [0.5, 0.6) is 0 Å². The minimum Gasteiger partial charge on any atom is -0.325 e. The van der Waals surface area contributed by atoms with Crippen molar-refractivity contribution in [3.05, 3.63) is 97.8 Å². The molecule has 1 N–H and O–H groups in total. The number of nitrogens with zero attached hydrogens (tertiary/aromatic N) is 3. The molecule has 0 unspecified atom stereocenters. The summed E-state index contributed by atoms with van der Waals surface area (Å²) in [7, 11) is 0. The van der Waals surface area contributed by atoms with Gasteiger partial charge in [-0.1, -0.05) is 47.6 Å². The summed E-state index contributed by atoms with van der Waals surface area (Å²) in [6.45, 7) is 1.57. The molecule has 0 spiro atoms. The van der Waals surface area contributed by atoms with Gasteiger partial charge in [-0.2, -0.15) is 0 Å². The van der Waals surface area contributed by atoms with Crippen molar-refractivity contribution in [2.24, 2.45) is 0 Å². The van der Waals surface area contributed by atoms with Crippen LogP contribution < -0.4 is 10.9 Å². The Morgan fingerprint density at radius 1 is 1.15 bits per heavy atom. The van der Waals surface area contributed by atoms with E-state index in [1.54, 1.807) is 61.5 Å². The van der Waals surface area contributed by atoms with E-state index < -0.39 is 4.92 Å². The molecule has 1 heterocycles. The lowest BCUT2D eigenvalue weighted by atomic mass is 10.1. The van der Waals surface area contributed by atoms with Crippen LogP contribution in [0.1, 0.15) is 5.56 Å². The van der Waals surface area contributed by atoms with E-state index in [4.69, 9.17) is 11.6 Å². The van der Waals surface area contributed by atoms with Gasteiger partial charge in [-0.15, -0.1) is 0 Å². The predicted molar refractivity (Wildman–Crippen MR) is 130 cm³/mol. The summed E-state index contributed by atoms with van der Waals surface area (Å²) in [5.41, 5.74) is 1.40. The highest BCUT2D eigenvalue weighted by Gasteiger charge is 2.17. The Morgan fingerprint density at radius 3 is 2.67 bits per heavy atom. The molecule has 0 aliphatic heterocycles. The van der Waals surface area contributed by atoms with Gasteiger partial charge in [-0.3, -0.25) is 24.3 Å². The summed E-state index contributed by atoms with van der Waals surface area (Å²) >= 11 is 7.21. The number of hydrogen-bond acceptors (Lipinski definition) is 6. The van der Waals surface area contributed by atoms with E-state index in [9.17, 15) is 19.7 Å². The normalized spacial score (nSPS) is 10.8. The monoisotopic (exact) mass is 480 g/mol. The third-order valence-corrected chi connectivity index (χ3v) is 6.09. The lowest BCUT2D eigenvalue weighted by molar-refractivity contribution is -0.385.